The van der Waals surface area contributed by atoms with Crippen molar-refractivity contribution in [2.24, 2.45) is 5.41 Å². The predicted octanol–water partition coefficient (Wildman–Crippen LogP) is 4.13. The molecular weight excluding hydrogens is 360 g/mol. The molecule has 0 radical (unpaired) electrons. The van der Waals surface area contributed by atoms with E-state index < -0.39 is 0 Å². The monoisotopic (exact) mass is 384 g/mol. The highest BCUT2D eigenvalue weighted by molar-refractivity contribution is 6.30. The minimum atomic E-state index is 0.104. The van der Waals surface area contributed by atoms with E-state index in [9.17, 15) is 4.79 Å². The van der Waals surface area contributed by atoms with Crippen molar-refractivity contribution in [2.75, 3.05) is 26.2 Å². The molecule has 2 fully saturated rings. The molecule has 0 aromatic heterocycles. The van der Waals surface area contributed by atoms with Crippen LogP contribution in [-0.4, -0.2) is 37.0 Å². The van der Waals surface area contributed by atoms with Gasteiger partial charge in [-0.25, -0.2) is 0 Å². The van der Waals surface area contributed by atoms with E-state index in [2.05, 4.69) is 5.32 Å². The minimum absolute atomic E-state index is 0.104. The Balaban J connectivity index is 1.37. The molecule has 5 heteroatoms. The van der Waals surface area contributed by atoms with Crippen molar-refractivity contribution < 1.29 is 9.53 Å². The van der Waals surface area contributed by atoms with E-state index in [1.54, 1.807) is 0 Å². The molecule has 0 atom stereocenters. The lowest BCUT2D eigenvalue weighted by Crippen LogP contribution is -2.44. The summed E-state index contributed by atoms with van der Waals surface area (Å²) in [7, 11) is 0. The maximum Gasteiger partial charge on any atom is 0.253 e. The Kier molecular flexibility index (Phi) is 5.37. The van der Waals surface area contributed by atoms with Crippen LogP contribution in [0.3, 0.4) is 0 Å². The standard InChI is InChI=1S/C22H25ClN2O2/c23-19-6-4-17(5-7-19)15-27-20-3-1-2-18(14-20)21(26)25-12-9-22(10-13-25)8-11-24-16-22/h1-7,14,24H,8-13,15-16H2. The lowest BCUT2D eigenvalue weighted by Gasteiger charge is -2.38. The Labute approximate surface area is 165 Å². The minimum Gasteiger partial charge on any atom is -0.489 e. The summed E-state index contributed by atoms with van der Waals surface area (Å²) < 4.78 is 5.86. The van der Waals surface area contributed by atoms with Gasteiger partial charge in [0, 0.05) is 30.2 Å². The van der Waals surface area contributed by atoms with Crippen LogP contribution in [-0.2, 0) is 6.61 Å². The van der Waals surface area contributed by atoms with E-state index in [1.807, 2.05) is 53.4 Å². The second-order valence-electron chi connectivity index (χ2n) is 7.66. The Morgan fingerprint density at radius 1 is 1.11 bits per heavy atom. The fraction of sp³-hybridized carbons (Fsp3) is 0.409. The molecular formula is C22H25ClN2O2. The molecule has 4 rings (SSSR count). The number of nitrogens with one attached hydrogen (secondary N) is 1. The van der Waals surface area contributed by atoms with E-state index in [-0.39, 0.29) is 5.91 Å². The highest BCUT2D eigenvalue weighted by atomic mass is 35.5. The summed E-state index contributed by atoms with van der Waals surface area (Å²) in [6, 6.07) is 15.1. The number of amides is 1. The first-order valence-corrected chi connectivity index (χ1v) is 9.99. The van der Waals surface area contributed by atoms with Crippen LogP contribution < -0.4 is 10.1 Å². The summed E-state index contributed by atoms with van der Waals surface area (Å²) in [5.41, 5.74) is 2.16. The van der Waals surface area contributed by atoms with Gasteiger partial charge in [-0.1, -0.05) is 29.8 Å². The van der Waals surface area contributed by atoms with E-state index >= 15 is 0 Å². The van der Waals surface area contributed by atoms with Gasteiger partial charge in [0.1, 0.15) is 12.4 Å². The molecule has 2 aromatic carbocycles. The van der Waals surface area contributed by atoms with Gasteiger partial charge in [-0.05, 0) is 67.1 Å². The predicted molar refractivity (Wildman–Crippen MR) is 107 cm³/mol. The average molecular weight is 385 g/mol. The first-order valence-electron chi connectivity index (χ1n) is 9.61. The summed E-state index contributed by atoms with van der Waals surface area (Å²) in [6.45, 7) is 4.35. The number of nitrogens with zero attached hydrogens (tertiary/aromatic N) is 1. The van der Waals surface area contributed by atoms with Gasteiger partial charge < -0.3 is 15.0 Å². The molecule has 0 aliphatic carbocycles. The number of carbonyl (C=O) groups excluding carboxylic acids is 1. The lowest BCUT2D eigenvalue weighted by molar-refractivity contribution is 0.0607. The third kappa shape index (κ3) is 4.28. The smallest absolute Gasteiger partial charge is 0.253 e. The lowest BCUT2D eigenvalue weighted by atomic mass is 9.78. The average Bonchev–Trinajstić information content (AvgIpc) is 3.16. The zero-order valence-corrected chi connectivity index (χ0v) is 16.2. The van der Waals surface area contributed by atoms with Crippen LogP contribution in [0.15, 0.2) is 48.5 Å². The zero-order chi connectivity index (χ0) is 18.7. The van der Waals surface area contributed by atoms with Crippen molar-refractivity contribution >= 4 is 17.5 Å². The Bertz CT molecular complexity index is 790. The molecule has 0 bridgehead atoms. The SMILES string of the molecule is O=C(c1cccc(OCc2ccc(Cl)cc2)c1)N1CCC2(CCNC2)CC1. The molecule has 0 saturated carbocycles. The van der Waals surface area contributed by atoms with Gasteiger partial charge in [-0.2, -0.15) is 0 Å². The van der Waals surface area contributed by atoms with Crippen molar-refractivity contribution in [1.29, 1.82) is 0 Å². The summed E-state index contributed by atoms with van der Waals surface area (Å²) in [4.78, 5) is 14.9. The Morgan fingerprint density at radius 3 is 2.59 bits per heavy atom. The summed E-state index contributed by atoms with van der Waals surface area (Å²) in [5.74, 6) is 0.817. The first-order chi connectivity index (χ1) is 13.1. The molecule has 4 nitrogen and oxygen atoms in total. The van der Waals surface area contributed by atoms with Gasteiger partial charge in [0.05, 0.1) is 0 Å². The van der Waals surface area contributed by atoms with Crippen LogP contribution in [0.25, 0.3) is 0 Å². The number of hydrogen-bond donors (Lipinski definition) is 1. The zero-order valence-electron chi connectivity index (χ0n) is 15.4. The van der Waals surface area contributed by atoms with Crippen LogP contribution in [0, 0.1) is 5.41 Å². The number of ether oxygens (including phenoxy) is 1. The van der Waals surface area contributed by atoms with Crippen molar-refractivity contribution in [3.05, 3.63) is 64.7 Å². The molecule has 0 unspecified atom stereocenters. The number of rotatable bonds is 4. The van der Waals surface area contributed by atoms with Crippen LogP contribution in [0.2, 0.25) is 5.02 Å². The number of piperidine rings is 1. The quantitative estimate of drug-likeness (QED) is 0.861. The Hall–Kier alpha value is -2.04. The third-order valence-corrected chi connectivity index (χ3v) is 6.10. The van der Waals surface area contributed by atoms with Crippen LogP contribution in [0.1, 0.15) is 35.2 Å². The number of halogens is 1. The van der Waals surface area contributed by atoms with Crippen molar-refractivity contribution in [2.45, 2.75) is 25.9 Å². The van der Waals surface area contributed by atoms with E-state index in [4.69, 9.17) is 16.3 Å². The van der Waals surface area contributed by atoms with Crippen LogP contribution >= 0.6 is 11.6 Å². The summed E-state index contributed by atoms with van der Waals surface area (Å²) >= 11 is 5.91. The van der Waals surface area contributed by atoms with Crippen LogP contribution in [0.5, 0.6) is 5.75 Å². The molecule has 2 aliphatic rings. The molecule has 2 heterocycles. The fourth-order valence-electron chi connectivity index (χ4n) is 4.06. The van der Waals surface area contributed by atoms with Crippen molar-refractivity contribution in [1.82, 2.24) is 10.2 Å². The second-order valence-corrected chi connectivity index (χ2v) is 8.10. The summed E-state index contributed by atoms with van der Waals surface area (Å²) in [5, 5.41) is 4.18. The van der Waals surface area contributed by atoms with Gasteiger partial charge >= 0.3 is 0 Å². The van der Waals surface area contributed by atoms with Crippen LogP contribution in [0.4, 0.5) is 0 Å². The molecule has 27 heavy (non-hydrogen) atoms. The molecule has 2 aromatic rings. The number of carbonyl (C=O) groups is 1. The van der Waals surface area contributed by atoms with E-state index in [0.717, 1.165) is 44.6 Å². The Morgan fingerprint density at radius 2 is 1.89 bits per heavy atom. The van der Waals surface area contributed by atoms with Gasteiger partial charge in [0.2, 0.25) is 0 Å². The van der Waals surface area contributed by atoms with Crippen molar-refractivity contribution in [3.8, 4) is 5.75 Å². The normalized spacial score (nSPS) is 18.6. The maximum absolute atomic E-state index is 12.9. The number of likely N-dealkylation sites (tertiary alicyclic amines) is 1. The molecule has 2 saturated heterocycles. The highest BCUT2D eigenvalue weighted by Gasteiger charge is 2.38. The van der Waals surface area contributed by atoms with Crippen molar-refractivity contribution in [3.63, 3.8) is 0 Å². The first kappa shape index (κ1) is 18.3. The largest absolute Gasteiger partial charge is 0.489 e. The maximum atomic E-state index is 12.9. The number of hydrogen-bond acceptors (Lipinski definition) is 3. The number of benzene rings is 2. The highest BCUT2D eigenvalue weighted by Crippen LogP contribution is 2.37. The fourth-order valence-corrected chi connectivity index (χ4v) is 4.18. The molecule has 142 valence electrons. The van der Waals surface area contributed by atoms with E-state index in [0.29, 0.717) is 28.4 Å². The van der Waals surface area contributed by atoms with Gasteiger partial charge in [0.25, 0.3) is 5.91 Å². The molecule has 2 aliphatic heterocycles. The van der Waals surface area contributed by atoms with Gasteiger partial charge in [-0.15, -0.1) is 0 Å². The van der Waals surface area contributed by atoms with Gasteiger partial charge in [0.15, 0.2) is 0 Å². The summed E-state index contributed by atoms with van der Waals surface area (Å²) in [6.07, 6.45) is 3.43. The third-order valence-electron chi connectivity index (χ3n) is 5.84. The molecule has 1 amide bonds. The molecule has 1 spiro atoms. The molecule has 1 N–H and O–H groups in total. The van der Waals surface area contributed by atoms with Gasteiger partial charge in [-0.3, -0.25) is 4.79 Å². The topological polar surface area (TPSA) is 41.6 Å². The second kappa shape index (κ2) is 7.91. The van der Waals surface area contributed by atoms with E-state index in [1.165, 1.54) is 6.42 Å².